The molecule has 1 aliphatic heterocycles. The molecule has 0 spiro atoms. The van der Waals surface area contributed by atoms with Crippen LogP contribution in [0.1, 0.15) is 20.3 Å². The van der Waals surface area contributed by atoms with Crippen molar-refractivity contribution in [2.75, 3.05) is 58.6 Å². The zero-order valence-electron chi connectivity index (χ0n) is 12.9. The molecule has 0 saturated carbocycles. The number of methoxy groups -OCH3 is 2. The average molecular weight is 290 g/mol. The first-order valence-electron chi connectivity index (χ1n) is 7.05. The van der Waals surface area contributed by atoms with E-state index in [1.54, 1.807) is 14.2 Å². The molecular formula is C14H30N2O2S. The van der Waals surface area contributed by atoms with Crippen LogP contribution in [0.5, 0.6) is 0 Å². The van der Waals surface area contributed by atoms with Gasteiger partial charge in [0.05, 0.1) is 13.2 Å². The average Bonchev–Trinajstić information content (AvgIpc) is 2.39. The van der Waals surface area contributed by atoms with Crippen LogP contribution in [0.15, 0.2) is 0 Å². The van der Waals surface area contributed by atoms with Crippen molar-refractivity contribution in [2.24, 2.45) is 11.1 Å². The number of hydrogen-bond donors (Lipinski definition) is 1. The highest BCUT2D eigenvalue weighted by atomic mass is 32.2. The summed E-state index contributed by atoms with van der Waals surface area (Å²) >= 11 is 2.02. The molecule has 0 aromatic carbocycles. The summed E-state index contributed by atoms with van der Waals surface area (Å²) in [6, 6.07) is 0. The van der Waals surface area contributed by atoms with E-state index < -0.39 is 0 Å². The van der Waals surface area contributed by atoms with Gasteiger partial charge < -0.3 is 15.2 Å². The highest BCUT2D eigenvalue weighted by molar-refractivity contribution is 7.99. The van der Waals surface area contributed by atoms with Crippen LogP contribution in [-0.2, 0) is 9.47 Å². The predicted molar refractivity (Wildman–Crippen MR) is 82.8 cm³/mol. The molecule has 0 radical (unpaired) electrons. The van der Waals surface area contributed by atoms with E-state index in [4.69, 9.17) is 15.2 Å². The van der Waals surface area contributed by atoms with Crippen LogP contribution in [0.3, 0.4) is 0 Å². The molecule has 1 heterocycles. The fourth-order valence-electron chi connectivity index (χ4n) is 2.92. The van der Waals surface area contributed by atoms with Crippen molar-refractivity contribution in [1.29, 1.82) is 0 Å². The molecule has 0 aliphatic carbocycles. The van der Waals surface area contributed by atoms with E-state index in [1.165, 1.54) is 12.2 Å². The Labute approximate surface area is 122 Å². The van der Waals surface area contributed by atoms with Crippen LogP contribution in [0.4, 0.5) is 0 Å². The Bertz CT molecular complexity index is 256. The van der Waals surface area contributed by atoms with Crippen LogP contribution in [-0.4, -0.2) is 69.0 Å². The summed E-state index contributed by atoms with van der Waals surface area (Å²) in [6.07, 6.45) is 1.21. The molecule has 1 atom stereocenters. The summed E-state index contributed by atoms with van der Waals surface area (Å²) in [6.45, 7) is 8.72. The molecular weight excluding hydrogens is 260 g/mol. The van der Waals surface area contributed by atoms with Gasteiger partial charge in [0.25, 0.3) is 0 Å². The molecule has 114 valence electrons. The topological polar surface area (TPSA) is 47.7 Å². The van der Waals surface area contributed by atoms with Gasteiger partial charge in [0.1, 0.15) is 0 Å². The zero-order chi connectivity index (χ0) is 14.4. The fraction of sp³-hybridized carbons (Fsp3) is 1.00. The molecule has 0 bridgehead atoms. The molecule has 0 aromatic heterocycles. The lowest BCUT2D eigenvalue weighted by Crippen LogP contribution is -2.66. The van der Waals surface area contributed by atoms with E-state index >= 15 is 0 Å². The molecule has 2 N–H and O–H groups in total. The molecule has 5 heteroatoms. The number of rotatable bonds is 8. The van der Waals surface area contributed by atoms with Crippen molar-refractivity contribution in [2.45, 2.75) is 25.8 Å². The quantitative estimate of drug-likeness (QED) is 0.733. The van der Waals surface area contributed by atoms with E-state index in [9.17, 15) is 0 Å². The van der Waals surface area contributed by atoms with E-state index in [1.807, 2.05) is 11.8 Å². The molecule has 1 aliphatic rings. The Hall–Kier alpha value is 0.190. The van der Waals surface area contributed by atoms with Gasteiger partial charge in [-0.1, -0.05) is 13.8 Å². The first-order valence-corrected chi connectivity index (χ1v) is 8.20. The highest BCUT2D eigenvalue weighted by Crippen LogP contribution is 2.45. The van der Waals surface area contributed by atoms with Crippen molar-refractivity contribution in [1.82, 2.24) is 4.90 Å². The molecule has 0 amide bonds. The smallest absolute Gasteiger partial charge is 0.0589 e. The van der Waals surface area contributed by atoms with Gasteiger partial charge in [-0.05, 0) is 17.6 Å². The SMILES string of the molecule is COCCN(CCOC)C1(CN)CSCCC1(C)C. The number of nitrogens with zero attached hydrogens (tertiary/aromatic N) is 1. The molecule has 1 fully saturated rings. The van der Waals surface area contributed by atoms with Crippen LogP contribution in [0.2, 0.25) is 0 Å². The Morgan fingerprint density at radius 2 is 1.74 bits per heavy atom. The maximum atomic E-state index is 6.22. The molecule has 1 rings (SSSR count). The fourth-order valence-corrected chi connectivity index (χ4v) is 4.75. The second-order valence-corrected chi connectivity index (χ2v) is 7.00. The Morgan fingerprint density at radius 3 is 2.16 bits per heavy atom. The first-order chi connectivity index (χ1) is 9.04. The van der Waals surface area contributed by atoms with Gasteiger partial charge in [-0.25, -0.2) is 0 Å². The van der Waals surface area contributed by atoms with Crippen LogP contribution in [0, 0.1) is 5.41 Å². The minimum Gasteiger partial charge on any atom is -0.383 e. The van der Waals surface area contributed by atoms with Gasteiger partial charge in [-0.2, -0.15) is 11.8 Å². The lowest BCUT2D eigenvalue weighted by atomic mass is 9.69. The van der Waals surface area contributed by atoms with Crippen molar-refractivity contribution in [3.8, 4) is 0 Å². The Kier molecular flexibility index (Phi) is 7.11. The van der Waals surface area contributed by atoms with E-state index in [0.29, 0.717) is 6.54 Å². The summed E-state index contributed by atoms with van der Waals surface area (Å²) in [5, 5.41) is 0. The lowest BCUT2D eigenvalue weighted by Gasteiger charge is -2.55. The van der Waals surface area contributed by atoms with Gasteiger partial charge in [-0.3, -0.25) is 4.90 Å². The Morgan fingerprint density at radius 1 is 1.16 bits per heavy atom. The van der Waals surface area contributed by atoms with Crippen LogP contribution < -0.4 is 5.73 Å². The van der Waals surface area contributed by atoms with Crippen molar-refractivity contribution in [3.63, 3.8) is 0 Å². The van der Waals surface area contributed by atoms with E-state index in [-0.39, 0.29) is 11.0 Å². The molecule has 1 saturated heterocycles. The van der Waals surface area contributed by atoms with E-state index in [2.05, 4.69) is 18.7 Å². The van der Waals surface area contributed by atoms with Crippen LogP contribution >= 0.6 is 11.8 Å². The van der Waals surface area contributed by atoms with Gasteiger partial charge in [0, 0.05) is 45.1 Å². The van der Waals surface area contributed by atoms with E-state index in [0.717, 1.165) is 32.1 Å². The maximum absolute atomic E-state index is 6.22. The maximum Gasteiger partial charge on any atom is 0.0589 e. The highest BCUT2D eigenvalue weighted by Gasteiger charge is 2.49. The van der Waals surface area contributed by atoms with Crippen molar-refractivity contribution in [3.05, 3.63) is 0 Å². The van der Waals surface area contributed by atoms with Gasteiger partial charge in [0.15, 0.2) is 0 Å². The lowest BCUT2D eigenvalue weighted by molar-refractivity contribution is -0.0240. The second kappa shape index (κ2) is 7.84. The molecule has 4 nitrogen and oxygen atoms in total. The summed E-state index contributed by atoms with van der Waals surface area (Å²) in [5.41, 5.74) is 6.50. The van der Waals surface area contributed by atoms with Crippen molar-refractivity contribution < 1.29 is 9.47 Å². The largest absolute Gasteiger partial charge is 0.383 e. The van der Waals surface area contributed by atoms with Gasteiger partial charge >= 0.3 is 0 Å². The minimum atomic E-state index is 0.0486. The normalized spacial score (nSPS) is 26.8. The number of ether oxygens (including phenoxy) is 2. The van der Waals surface area contributed by atoms with Crippen LogP contribution in [0.25, 0.3) is 0 Å². The number of nitrogens with two attached hydrogens (primary N) is 1. The van der Waals surface area contributed by atoms with Gasteiger partial charge in [-0.15, -0.1) is 0 Å². The predicted octanol–water partition coefficient (Wildman–Crippen LogP) is 1.44. The summed E-state index contributed by atoms with van der Waals surface area (Å²) in [4.78, 5) is 2.49. The third kappa shape index (κ3) is 3.85. The number of thioether (sulfide) groups is 1. The van der Waals surface area contributed by atoms with Gasteiger partial charge in [0.2, 0.25) is 0 Å². The summed E-state index contributed by atoms with van der Waals surface area (Å²) in [7, 11) is 3.51. The standard InChI is InChI=1S/C14H30N2O2S/c1-13(2)5-10-19-12-14(13,11-15)16(6-8-17-3)7-9-18-4/h5-12,15H2,1-4H3. The third-order valence-electron chi connectivity index (χ3n) is 4.55. The minimum absolute atomic E-state index is 0.0486. The second-order valence-electron chi connectivity index (χ2n) is 5.89. The molecule has 1 unspecified atom stereocenters. The third-order valence-corrected chi connectivity index (χ3v) is 5.72. The molecule has 0 aromatic rings. The van der Waals surface area contributed by atoms with Crippen molar-refractivity contribution >= 4 is 11.8 Å². The zero-order valence-corrected chi connectivity index (χ0v) is 13.7. The molecule has 19 heavy (non-hydrogen) atoms. The first kappa shape index (κ1) is 17.2. The Balaban J connectivity index is 2.90. The monoisotopic (exact) mass is 290 g/mol. The summed E-state index contributed by atoms with van der Waals surface area (Å²) in [5.74, 6) is 2.33. The summed E-state index contributed by atoms with van der Waals surface area (Å²) < 4.78 is 10.5. The number of hydrogen-bond acceptors (Lipinski definition) is 5.